The summed E-state index contributed by atoms with van der Waals surface area (Å²) in [5, 5.41) is 2.49. The highest BCUT2D eigenvalue weighted by molar-refractivity contribution is 7.89. The van der Waals surface area contributed by atoms with Crippen LogP contribution in [0.3, 0.4) is 0 Å². The third kappa shape index (κ3) is 3.37. The second-order valence-electron chi connectivity index (χ2n) is 7.35. The maximum Gasteiger partial charge on any atom is 0.254 e. The Balaban J connectivity index is 1.87. The molecule has 0 aromatic heterocycles. The van der Waals surface area contributed by atoms with Gasteiger partial charge in [0.2, 0.25) is 15.9 Å². The summed E-state index contributed by atoms with van der Waals surface area (Å²) < 4.78 is 32.9. The number of carbonyl (C=O) groups excluding carboxylic acids is 2. The average Bonchev–Trinajstić information content (AvgIpc) is 3.27. The van der Waals surface area contributed by atoms with Crippen LogP contribution in [0.2, 0.25) is 0 Å². The zero-order valence-corrected chi connectivity index (χ0v) is 17.3. The van der Waals surface area contributed by atoms with Crippen molar-refractivity contribution in [1.82, 2.24) is 14.5 Å². The molecule has 0 aliphatic carbocycles. The van der Waals surface area contributed by atoms with E-state index in [1.54, 1.807) is 0 Å². The van der Waals surface area contributed by atoms with Crippen molar-refractivity contribution in [3.63, 3.8) is 0 Å². The van der Waals surface area contributed by atoms with Crippen LogP contribution in [0.25, 0.3) is 0 Å². The lowest BCUT2D eigenvalue weighted by molar-refractivity contribution is -0.135. The molecule has 1 N–H and O–H groups in total. The third-order valence-electron chi connectivity index (χ3n) is 5.69. The van der Waals surface area contributed by atoms with E-state index in [0.29, 0.717) is 38.2 Å². The fourth-order valence-corrected chi connectivity index (χ4v) is 5.66. The number of amides is 2. The summed E-state index contributed by atoms with van der Waals surface area (Å²) in [5.74, 6) is -0.0572. The number of ether oxygens (including phenoxy) is 1. The van der Waals surface area contributed by atoms with Gasteiger partial charge in [0.25, 0.3) is 5.91 Å². The van der Waals surface area contributed by atoms with Crippen molar-refractivity contribution in [2.24, 2.45) is 5.41 Å². The Hall–Kier alpha value is -2.13. The number of benzene rings is 1. The number of likely N-dealkylation sites (tertiary alicyclic amines) is 1. The van der Waals surface area contributed by atoms with Crippen molar-refractivity contribution in [1.29, 1.82) is 0 Å². The Morgan fingerprint density at radius 1 is 1.29 bits per heavy atom. The predicted molar refractivity (Wildman–Crippen MR) is 104 cm³/mol. The van der Waals surface area contributed by atoms with Crippen LogP contribution in [-0.2, 0) is 14.8 Å². The normalized spacial score (nSPS) is 22.8. The molecule has 1 aromatic rings. The van der Waals surface area contributed by atoms with Gasteiger partial charge in [-0.1, -0.05) is 6.92 Å². The van der Waals surface area contributed by atoms with E-state index in [-0.39, 0.29) is 22.9 Å². The molecule has 0 radical (unpaired) electrons. The van der Waals surface area contributed by atoms with Crippen LogP contribution in [0.5, 0.6) is 5.75 Å². The number of nitrogens with one attached hydrogen (secondary N) is 1. The van der Waals surface area contributed by atoms with Gasteiger partial charge in [0.15, 0.2) is 0 Å². The van der Waals surface area contributed by atoms with E-state index < -0.39 is 21.3 Å². The number of sulfonamides is 1. The van der Waals surface area contributed by atoms with E-state index in [9.17, 15) is 18.0 Å². The first-order valence-corrected chi connectivity index (χ1v) is 10.9. The minimum absolute atomic E-state index is 0.0276. The average molecular weight is 410 g/mol. The summed E-state index contributed by atoms with van der Waals surface area (Å²) >= 11 is 0. The summed E-state index contributed by atoms with van der Waals surface area (Å²) in [6, 6.07) is 4.25. The van der Waals surface area contributed by atoms with Gasteiger partial charge >= 0.3 is 0 Å². The van der Waals surface area contributed by atoms with E-state index in [0.717, 1.165) is 6.42 Å². The van der Waals surface area contributed by atoms with Gasteiger partial charge in [0.1, 0.15) is 5.75 Å². The predicted octanol–water partition coefficient (Wildman–Crippen LogP) is 1.08. The van der Waals surface area contributed by atoms with Crippen molar-refractivity contribution in [3.05, 3.63) is 23.8 Å². The highest BCUT2D eigenvalue weighted by Crippen LogP contribution is 2.42. The number of carbonyl (C=O) groups is 2. The van der Waals surface area contributed by atoms with Gasteiger partial charge in [0, 0.05) is 33.2 Å². The van der Waals surface area contributed by atoms with Gasteiger partial charge in [-0.25, -0.2) is 8.42 Å². The minimum atomic E-state index is -3.82. The van der Waals surface area contributed by atoms with Crippen molar-refractivity contribution in [2.75, 3.05) is 40.3 Å². The Morgan fingerprint density at radius 2 is 2.00 bits per heavy atom. The van der Waals surface area contributed by atoms with Crippen LogP contribution in [-0.4, -0.2) is 69.8 Å². The molecule has 2 aliphatic heterocycles. The standard InChI is InChI=1S/C19H27N3O5S/c1-4-9-21-10-7-19(18(21)24)8-11-22(13-19)28(25,26)14-5-6-16(27-3)15(12-14)17(23)20-2/h5-6,12H,4,7-11,13H2,1-3H3,(H,20,23). The molecule has 1 atom stereocenters. The number of rotatable bonds is 6. The molecule has 0 bridgehead atoms. The Bertz CT molecular complexity index is 886. The van der Waals surface area contributed by atoms with E-state index >= 15 is 0 Å². The molecule has 1 unspecified atom stereocenters. The van der Waals surface area contributed by atoms with Crippen LogP contribution in [0.15, 0.2) is 23.1 Å². The molecule has 28 heavy (non-hydrogen) atoms. The summed E-state index contributed by atoms with van der Waals surface area (Å²) in [6.45, 7) is 3.91. The van der Waals surface area contributed by atoms with Gasteiger partial charge < -0.3 is 15.0 Å². The topological polar surface area (TPSA) is 96.0 Å². The second-order valence-corrected chi connectivity index (χ2v) is 9.29. The van der Waals surface area contributed by atoms with E-state index in [1.807, 2.05) is 11.8 Å². The maximum absolute atomic E-state index is 13.2. The largest absolute Gasteiger partial charge is 0.496 e. The lowest BCUT2D eigenvalue weighted by Crippen LogP contribution is -2.38. The second kappa shape index (κ2) is 7.71. The molecule has 1 aromatic carbocycles. The van der Waals surface area contributed by atoms with Crippen LogP contribution >= 0.6 is 0 Å². The SMILES string of the molecule is CCCN1CCC2(CCN(S(=O)(=O)c3ccc(OC)c(C(=O)NC)c3)C2)C1=O. The highest BCUT2D eigenvalue weighted by Gasteiger charge is 2.52. The Kier molecular flexibility index (Phi) is 5.67. The fraction of sp³-hybridized carbons (Fsp3) is 0.579. The number of hydrogen-bond acceptors (Lipinski definition) is 5. The van der Waals surface area contributed by atoms with Gasteiger partial charge in [-0.3, -0.25) is 9.59 Å². The van der Waals surface area contributed by atoms with E-state index in [1.165, 1.54) is 36.7 Å². The van der Waals surface area contributed by atoms with Crippen molar-refractivity contribution >= 4 is 21.8 Å². The van der Waals surface area contributed by atoms with Gasteiger partial charge in [-0.2, -0.15) is 4.31 Å². The first-order chi connectivity index (χ1) is 13.3. The third-order valence-corrected chi connectivity index (χ3v) is 7.54. The van der Waals surface area contributed by atoms with Gasteiger partial charge in [-0.15, -0.1) is 0 Å². The lowest BCUT2D eigenvalue weighted by Gasteiger charge is -2.23. The van der Waals surface area contributed by atoms with Gasteiger partial charge in [-0.05, 0) is 37.5 Å². The first-order valence-electron chi connectivity index (χ1n) is 9.48. The van der Waals surface area contributed by atoms with Crippen molar-refractivity contribution < 1.29 is 22.7 Å². The highest BCUT2D eigenvalue weighted by atomic mass is 32.2. The summed E-state index contributed by atoms with van der Waals surface area (Å²) in [6.07, 6.45) is 2.10. The van der Waals surface area contributed by atoms with Crippen LogP contribution < -0.4 is 10.1 Å². The fourth-order valence-electron chi connectivity index (χ4n) is 4.10. The molecule has 2 saturated heterocycles. The Labute approximate surface area is 165 Å². The minimum Gasteiger partial charge on any atom is -0.496 e. The van der Waals surface area contributed by atoms with Crippen LogP contribution in [0.1, 0.15) is 36.5 Å². The van der Waals surface area contributed by atoms with Crippen LogP contribution in [0.4, 0.5) is 0 Å². The molecule has 2 aliphatic rings. The quantitative estimate of drug-likeness (QED) is 0.758. The Morgan fingerprint density at radius 3 is 2.64 bits per heavy atom. The molecule has 2 heterocycles. The smallest absolute Gasteiger partial charge is 0.254 e. The molecule has 9 heteroatoms. The van der Waals surface area contributed by atoms with E-state index in [4.69, 9.17) is 4.74 Å². The molecular weight excluding hydrogens is 382 g/mol. The first kappa shape index (κ1) is 20.6. The summed E-state index contributed by atoms with van der Waals surface area (Å²) in [7, 11) is -0.920. The van der Waals surface area contributed by atoms with Crippen molar-refractivity contribution in [2.45, 2.75) is 31.1 Å². The molecule has 154 valence electrons. The molecule has 2 fully saturated rings. The number of methoxy groups -OCH3 is 1. The van der Waals surface area contributed by atoms with E-state index in [2.05, 4.69) is 5.32 Å². The molecular formula is C19H27N3O5S. The molecule has 8 nitrogen and oxygen atoms in total. The number of nitrogens with zero attached hydrogens (tertiary/aromatic N) is 2. The molecule has 3 rings (SSSR count). The zero-order chi connectivity index (χ0) is 20.5. The monoisotopic (exact) mass is 409 g/mol. The lowest BCUT2D eigenvalue weighted by atomic mass is 9.86. The van der Waals surface area contributed by atoms with Crippen molar-refractivity contribution in [3.8, 4) is 5.75 Å². The molecule has 2 amide bonds. The van der Waals surface area contributed by atoms with Crippen LogP contribution in [0, 0.1) is 5.41 Å². The zero-order valence-electron chi connectivity index (χ0n) is 16.5. The molecule has 1 spiro atoms. The van der Waals surface area contributed by atoms with Gasteiger partial charge in [0.05, 0.1) is 23.0 Å². The summed E-state index contributed by atoms with van der Waals surface area (Å²) in [5.41, 5.74) is -0.454. The number of hydrogen-bond donors (Lipinski definition) is 1. The summed E-state index contributed by atoms with van der Waals surface area (Å²) in [4.78, 5) is 26.8. The maximum atomic E-state index is 13.2. The molecule has 0 saturated carbocycles.